The van der Waals surface area contributed by atoms with Crippen LogP contribution < -0.4 is 10.1 Å². The number of esters is 1. The Balaban J connectivity index is 1.67. The van der Waals surface area contributed by atoms with Crippen LogP contribution in [0, 0.1) is 11.3 Å². The molecule has 172 valence electrons. The van der Waals surface area contributed by atoms with Gasteiger partial charge in [-0.2, -0.15) is 5.26 Å². The topological polar surface area (TPSA) is 88.4 Å². The van der Waals surface area contributed by atoms with Gasteiger partial charge >= 0.3 is 5.97 Å². The summed E-state index contributed by atoms with van der Waals surface area (Å²) in [6.07, 6.45) is 1.43. The van der Waals surface area contributed by atoms with Crippen LogP contribution in [-0.4, -0.2) is 18.5 Å². The predicted octanol–water partition coefficient (Wildman–Crippen LogP) is 6.29. The number of halogens is 2. The van der Waals surface area contributed by atoms with Gasteiger partial charge in [-0.1, -0.05) is 41.4 Å². The summed E-state index contributed by atoms with van der Waals surface area (Å²) in [6.45, 7) is 2.28. The first-order valence-electron chi connectivity index (χ1n) is 10.3. The average molecular weight is 495 g/mol. The van der Waals surface area contributed by atoms with E-state index in [0.717, 1.165) is 5.56 Å². The van der Waals surface area contributed by atoms with Crippen LogP contribution in [0.15, 0.2) is 72.3 Å². The number of nitrogens with one attached hydrogen (secondary N) is 1. The second-order valence-corrected chi connectivity index (χ2v) is 7.87. The first-order valence-corrected chi connectivity index (χ1v) is 11.0. The summed E-state index contributed by atoms with van der Waals surface area (Å²) in [4.78, 5) is 24.3. The van der Waals surface area contributed by atoms with Crippen LogP contribution in [0.5, 0.6) is 5.75 Å². The van der Waals surface area contributed by atoms with Crippen molar-refractivity contribution in [2.75, 3.05) is 11.9 Å². The Morgan fingerprint density at radius 1 is 1.06 bits per heavy atom. The third-order valence-electron chi connectivity index (χ3n) is 4.57. The fourth-order valence-electron chi connectivity index (χ4n) is 2.93. The molecular formula is C26H20Cl2N2O4. The third-order valence-corrected chi connectivity index (χ3v) is 5.10. The molecule has 0 saturated carbocycles. The van der Waals surface area contributed by atoms with E-state index in [1.165, 1.54) is 18.2 Å². The van der Waals surface area contributed by atoms with E-state index in [1.807, 2.05) is 18.2 Å². The lowest BCUT2D eigenvalue weighted by Crippen LogP contribution is -2.13. The Morgan fingerprint density at radius 3 is 2.47 bits per heavy atom. The van der Waals surface area contributed by atoms with Gasteiger partial charge in [-0.25, -0.2) is 4.79 Å². The number of anilines is 1. The molecule has 0 bridgehead atoms. The first kappa shape index (κ1) is 24.8. The molecule has 8 heteroatoms. The predicted molar refractivity (Wildman–Crippen MR) is 132 cm³/mol. The average Bonchev–Trinajstić information content (AvgIpc) is 2.82. The fourth-order valence-corrected chi connectivity index (χ4v) is 3.39. The maximum atomic E-state index is 12.5. The highest BCUT2D eigenvalue weighted by Gasteiger charge is 2.12. The molecule has 3 aromatic rings. The van der Waals surface area contributed by atoms with E-state index in [2.05, 4.69) is 5.32 Å². The highest BCUT2D eigenvalue weighted by Crippen LogP contribution is 2.27. The lowest BCUT2D eigenvalue weighted by atomic mass is 10.1. The molecule has 0 aliphatic rings. The summed E-state index contributed by atoms with van der Waals surface area (Å²) < 4.78 is 10.7. The molecule has 0 aromatic heterocycles. The maximum absolute atomic E-state index is 12.5. The van der Waals surface area contributed by atoms with Gasteiger partial charge in [-0.3, -0.25) is 4.79 Å². The van der Waals surface area contributed by atoms with Crippen LogP contribution in [0.3, 0.4) is 0 Å². The minimum atomic E-state index is -0.594. The van der Waals surface area contributed by atoms with Gasteiger partial charge in [0, 0.05) is 10.7 Å². The van der Waals surface area contributed by atoms with E-state index in [1.54, 1.807) is 49.4 Å². The standard InChI is InChI=1S/C26H20Cl2N2O4/c1-2-33-26(32)19-7-9-22(10-8-19)30-25(31)20(15-29)12-17-6-11-24(23(28)14-17)34-16-18-4-3-5-21(27)13-18/h3-14H,2,16H2,1H3,(H,30,31)/b20-12+. The van der Waals surface area contributed by atoms with Gasteiger partial charge in [0.15, 0.2) is 0 Å². The summed E-state index contributed by atoms with van der Waals surface area (Å²) in [5, 5.41) is 13.0. The molecule has 0 aliphatic carbocycles. The van der Waals surface area contributed by atoms with E-state index >= 15 is 0 Å². The smallest absolute Gasteiger partial charge is 0.338 e. The minimum Gasteiger partial charge on any atom is -0.487 e. The lowest BCUT2D eigenvalue weighted by molar-refractivity contribution is -0.112. The molecule has 0 radical (unpaired) electrons. The van der Waals surface area contributed by atoms with Crippen molar-refractivity contribution in [2.45, 2.75) is 13.5 Å². The molecule has 1 N–H and O–H groups in total. The van der Waals surface area contributed by atoms with Gasteiger partial charge in [0.25, 0.3) is 5.91 Å². The Bertz CT molecular complexity index is 1260. The van der Waals surface area contributed by atoms with Crippen molar-refractivity contribution in [1.29, 1.82) is 5.26 Å². The molecule has 0 heterocycles. The zero-order valence-electron chi connectivity index (χ0n) is 18.2. The monoisotopic (exact) mass is 494 g/mol. The van der Waals surface area contributed by atoms with E-state index in [0.29, 0.717) is 32.6 Å². The molecule has 6 nitrogen and oxygen atoms in total. The van der Waals surface area contributed by atoms with Crippen molar-refractivity contribution in [2.24, 2.45) is 0 Å². The van der Waals surface area contributed by atoms with Crippen molar-refractivity contribution < 1.29 is 19.1 Å². The quantitative estimate of drug-likeness (QED) is 0.225. The van der Waals surface area contributed by atoms with Crippen LogP contribution in [0.4, 0.5) is 5.69 Å². The third kappa shape index (κ3) is 6.85. The molecule has 0 unspecified atom stereocenters. The number of benzene rings is 3. The normalized spacial score (nSPS) is 10.8. The number of amides is 1. The van der Waals surface area contributed by atoms with E-state index in [-0.39, 0.29) is 18.8 Å². The number of carbonyl (C=O) groups is 2. The van der Waals surface area contributed by atoms with Crippen LogP contribution >= 0.6 is 23.2 Å². The lowest BCUT2D eigenvalue weighted by Gasteiger charge is -2.09. The van der Waals surface area contributed by atoms with Gasteiger partial charge < -0.3 is 14.8 Å². The van der Waals surface area contributed by atoms with Gasteiger partial charge in [0.2, 0.25) is 0 Å². The molecular weight excluding hydrogens is 475 g/mol. The number of rotatable bonds is 8. The Morgan fingerprint density at radius 2 is 1.82 bits per heavy atom. The molecule has 0 spiro atoms. The van der Waals surface area contributed by atoms with E-state index in [9.17, 15) is 14.9 Å². The summed E-state index contributed by atoms with van der Waals surface area (Å²) in [5.74, 6) is -0.581. The molecule has 0 atom stereocenters. The van der Waals surface area contributed by atoms with Crippen molar-refractivity contribution >= 4 is 46.8 Å². The Hall–Kier alpha value is -3.79. The van der Waals surface area contributed by atoms with E-state index < -0.39 is 11.9 Å². The molecule has 1 amide bonds. The summed E-state index contributed by atoms with van der Waals surface area (Å²) >= 11 is 12.3. The molecule has 0 saturated heterocycles. The van der Waals surface area contributed by atoms with Crippen molar-refractivity contribution in [3.63, 3.8) is 0 Å². The number of nitrogens with zero attached hydrogens (tertiary/aromatic N) is 1. The first-order chi connectivity index (χ1) is 16.4. The van der Waals surface area contributed by atoms with Crippen LogP contribution in [0.25, 0.3) is 6.08 Å². The largest absolute Gasteiger partial charge is 0.487 e. The number of ether oxygens (including phenoxy) is 2. The molecule has 34 heavy (non-hydrogen) atoms. The molecule has 0 aliphatic heterocycles. The number of hydrogen-bond donors (Lipinski definition) is 1. The SMILES string of the molecule is CCOC(=O)c1ccc(NC(=O)/C(C#N)=C/c2ccc(OCc3cccc(Cl)c3)c(Cl)c2)cc1. The van der Waals surface area contributed by atoms with Crippen molar-refractivity contribution in [3.05, 3.63) is 99.0 Å². The van der Waals surface area contributed by atoms with Gasteiger partial charge in [-0.15, -0.1) is 0 Å². The molecule has 0 fully saturated rings. The van der Waals surface area contributed by atoms with Crippen LogP contribution in [0.1, 0.15) is 28.4 Å². The van der Waals surface area contributed by atoms with Crippen molar-refractivity contribution in [3.8, 4) is 11.8 Å². The second-order valence-electron chi connectivity index (χ2n) is 7.03. The Kier molecular flexibility index (Phi) is 8.69. The number of hydrogen-bond acceptors (Lipinski definition) is 5. The van der Waals surface area contributed by atoms with Gasteiger partial charge in [-0.05, 0) is 72.7 Å². The Labute approximate surface area is 207 Å². The maximum Gasteiger partial charge on any atom is 0.338 e. The minimum absolute atomic E-state index is 0.113. The zero-order valence-corrected chi connectivity index (χ0v) is 19.7. The van der Waals surface area contributed by atoms with Gasteiger partial charge in [0.1, 0.15) is 24.0 Å². The number of nitriles is 1. The molecule has 3 rings (SSSR count). The molecule has 3 aromatic carbocycles. The summed E-state index contributed by atoms with van der Waals surface area (Å²) in [6, 6.07) is 20.3. The fraction of sp³-hybridized carbons (Fsp3) is 0.115. The summed E-state index contributed by atoms with van der Waals surface area (Å²) in [5.41, 5.74) is 2.14. The summed E-state index contributed by atoms with van der Waals surface area (Å²) in [7, 11) is 0. The second kappa shape index (κ2) is 11.9. The van der Waals surface area contributed by atoms with Gasteiger partial charge in [0.05, 0.1) is 17.2 Å². The van der Waals surface area contributed by atoms with Crippen LogP contribution in [0.2, 0.25) is 10.0 Å². The highest BCUT2D eigenvalue weighted by molar-refractivity contribution is 6.32. The number of carbonyl (C=O) groups excluding carboxylic acids is 2. The zero-order chi connectivity index (χ0) is 24.5. The van der Waals surface area contributed by atoms with Crippen molar-refractivity contribution in [1.82, 2.24) is 0 Å². The van der Waals surface area contributed by atoms with Crippen LogP contribution in [-0.2, 0) is 16.1 Å². The van der Waals surface area contributed by atoms with E-state index in [4.69, 9.17) is 32.7 Å². The highest BCUT2D eigenvalue weighted by atomic mass is 35.5.